The zero-order chi connectivity index (χ0) is 24.9. The summed E-state index contributed by atoms with van der Waals surface area (Å²) in [6.07, 6.45) is 2.13. The highest BCUT2D eigenvalue weighted by molar-refractivity contribution is 6.31. The van der Waals surface area contributed by atoms with Gasteiger partial charge in [-0.05, 0) is 48.9 Å². The highest BCUT2D eigenvalue weighted by Crippen LogP contribution is 2.21. The Balaban J connectivity index is 1.34. The molecule has 0 unspecified atom stereocenters. The number of carbonyl (C=O) groups excluding carboxylic acids is 2. The monoisotopic (exact) mass is 503 g/mol. The van der Waals surface area contributed by atoms with Crippen LogP contribution in [0, 0.1) is 17.5 Å². The first-order chi connectivity index (χ1) is 16.8. The summed E-state index contributed by atoms with van der Waals surface area (Å²) < 4.78 is 40.4. The molecule has 0 saturated carbocycles. The molecule has 1 aromatic heterocycles. The molecule has 1 aliphatic rings. The first-order valence-corrected chi connectivity index (χ1v) is 11.2. The molecule has 1 fully saturated rings. The van der Waals surface area contributed by atoms with Gasteiger partial charge in [-0.25, -0.2) is 22.9 Å². The zero-order valence-electron chi connectivity index (χ0n) is 18.4. The van der Waals surface area contributed by atoms with Crippen molar-refractivity contribution < 1.29 is 22.8 Å². The Morgan fingerprint density at radius 1 is 0.857 bits per heavy atom. The number of hydrogen-bond donors (Lipinski definition) is 2. The average Bonchev–Trinajstić information content (AvgIpc) is 3.08. The Kier molecular flexibility index (Phi) is 7.40. The van der Waals surface area contributed by atoms with Crippen molar-refractivity contribution in [1.82, 2.24) is 9.88 Å². The summed E-state index contributed by atoms with van der Waals surface area (Å²) in [5, 5.41) is 5.09. The van der Waals surface area contributed by atoms with Gasteiger partial charge in [0.05, 0.1) is 22.5 Å². The molecule has 1 aliphatic heterocycles. The van der Waals surface area contributed by atoms with Crippen molar-refractivity contribution >= 4 is 40.7 Å². The summed E-state index contributed by atoms with van der Waals surface area (Å²) in [5.41, 5.74) is 0.620. The molecular weight excluding hydrogens is 483 g/mol. The van der Waals surface area contributed by atoms with Gasteiger partial charge in [0.1, 0.15) is 23.3 Å². The molecule has 0 aliphatic carbocycles. The van der Waals surface area contributed by atoms with Crippen molar-refractivity contribution in [3.63, 3.8) is 0 Å². The minimum Gasteiger partial charge on any atom is -0.355 e. The van der Waals surface area contributed by atoms with Gasteiger partial charge in [-0.15, -0.1) is 0 Å². The Bertz CT molecular complexity index is 1240. The number of rotatable bonds is 4. The SMILES string of the molecule is O=C(Nc1ccc(N2CCCN(C(=O)c3ccc(F)cc3F)CC2)nc1)Nc1ccc(F)c(Cl)c1. The number of amides is 3. The Labute approximate surface area is 204 Å². The molecule has 3 aromatic rings. The summed E-state index contributed by atoms with van der Waals surface area (Å²) in [6, 6.07) is 9.64. The fourth-order valence-corrected chi connectivity index (χ4v) is 3.88. The standard InChI is InChI=1S/C24H21ClF3N5O2/c25-19-13-16(3-6-20(19)27)30-24(35)31-17-4-7-22(29-14-17)32-8-1-9-33(11-10-32)23(34)18-5-2-15(26)12-21(18)28/h2-7,12-14H,1,8-11H2,(H2,30,31,35). The first-order valence-electron chi connectivity index (χ1n) is 10.8. The second kappa shape index (κ2) is 10.6. The van der Waals surface area contributed by atoms with Crippen LogP contribution < -0.4 is 15.5 Å². The highest BCUT2D eigenvalue weighted by atomic mass is 35.5. The van der Waals surface area contributed by atoms with Crippen molar-refractivity contribution in [3.8, 4) is 0 Å². The van der Waals surface area contributed by atoms with Gasteiger partial charge in [-0.1, -0.05) is 11.6 Å². The number of carbonyl (C=O) groups is 2. The maximum absolute atomic E-state index is 14.0. The molecule has 0 radical (unpaired) electrons. The summed E-state index contributed by atoms with van der Waals surface area (Å²) in [6.45, 7) is 1.88. The molecule has 35 heavy (non-hydrogen) atoms. The lowest BCUT2D eigenvalue weighted by Gasteiger charge is -2.23. The molecule has 3 amide bonds. The van der Waals surface area contributed by atoms with Crippen LogP contribution in [0.1, 0.15) is 16.8 Å². The number of hydrogen-bond acceptors (Lipinski definition) is 4. The number of urea groups is 1. The van der Waals surface area contributed by atoms with Crippen molar-refractivity contribution in [2.45, 2.75) is 6.42 Å². The third-order valence-electron chi connectivity index (χ3n) is 5.45. The van der Waals surface area contributed by atoms with Crippen LogP contribution in [0.4, 0.5) is 35.2 Å². The summed E-state index contributed by atoms with van der Waals surface area (Å²) >= 11 is 5.72. The molecule has 1 saturated heterocycles. The van der Waals surface area contributed by atoms with Crippen LogP contribution in [0.3, 0.4) is 0 Å². The largest absolute Gasteiger partial charge is 0.355 e. The lowest BCUT2D eigenvalue weighted by atomic mass is 10.1. The number of benzene rings is 2. The number of halogens is 4. The van der Waals surface area contributed by atoms with E-state index in [1.807, 2.05) is 4.90 Å². The van der Waals surface area contributed by atoms with Gasteiger partial charge in [0.25, 0.3) is 5.91 Å². The third kappa shape index (κ3) is 6.02. The van der Waals surface area contributed by atoms with E-state index < -0.39 is 29.4 Å². The predicted molar refractivity (Wildman–Crippen MR) is 127 cm³/mol. The predicted octanol–water partition coefficient (Wildman–Crippen LogP) is 5.15. The fraction of sp³-hybridized carbons (Fsp3) is 0.208. The second-order valence-corrected chi connectivity index (χ2v) is 8.28. The minimum absolute atomic E-state index is 0.102. The highest BCUT2D eigenvalue weighted by Gasteiger charge is 2.23. The van der Waals surface area contributed by atoms with Gasteiger partial charge >= 0.3 is 6.03 Å². The Morgan fingerprint density at radius 2 is 1.63 bits per heavy atom. The molecule has 182 valence electrons. The van der Waals surface area contributed by atoms with Crippen molar-refractivity contribution in [1.29, 1.82) is 0 Å². The quantitative estimate of drug-likeness (QED) is 0.516. The maximum Gasteiger partial charge on any atom is 0.323 e. The molecule has 0 atom stereocenters. The minimum atomic E-state index is -0.882. The van der Waals surface area contributed by atoms with E-state index in [4.69, 9.17) is 11.6 Å². The van der Waals surface area contributed by atoms with Crippen LogP contribution in [-0.2, 0) is 0 Å². The van der Waals surface area contributed by atoms with E-state index in [1.54, 1.807) is 12.1 Å². The normalized spacial score (nSPS) is 13.8. The molecule has 2 aromatic carbocycles. The van der Waals surface area contributed by atoms with E-state index >= 15 is 0 Å². The van der Waals surface area contributed by atoms with Crippen molar-refractivity contribution in [2.24, 2.45) is 0 Å². The number of nitrogens with one attached hydrogen (secondary N) is 2. The zero-order valence-corrected chi connectivity index (χ0v) is 19.2. The van der Waals surface area contributed by atoms with Gasteiger partial charge in [0.15, 0.2) is 0 Å². The Hall–Kier alpha value is -3.79. The van der Waals surface area contributed by atoms with E-state index in [9.17, 15) is 22.8 Å². The number of anilines is 3. The maximum atomic E-state index is 14.0. The summed E-state index contributed by atoms with van der Waals surface area (Å²) in [5.74, 6) is -2.02. The van der Waals surface area contributed by atoms with Gasteiger partial charge < -0.3 is 20.4 Å². The fourth-order valence-electron chi connectivity index (χ4n) is 3.70. The molecule has 2 heterocycles. The number of pyridine rings is 1. The van der Waals surface area contributed by atoms with E-state index in [2.05, 4.69) is 15.6 Å². The molecule has 0 bridgehead atoms. The molecule has 0 spiro atoms. The molecule has 7 nitrogen and oxygen atoms in total. The van der Waals surface area contributed by atoms with Crippen LogP contribution in [-0.4, -0.2) is 48.0 Å². The second-order valence-electron chi connectivity index (χ2n) is 7.87. The lowest BCUT2D eigenvalue weighted by molar-refractivity contribution is 0.0762. The van der Waals surface area contributed by atoms with Crippen LogP contribution >= 0.6 is 11.6 Å². The third-order valence-corrected chi connectivity index (χ3v) is 5.74. The van der Waals surface area contributed by atoms with Crippen LogP contribution in [0.5, 0.6) is 0 Å². The van der Waals surface area contributed by atoms with Crippen LogP contribution in [0.15, 0.2) is 54.7 Å². The van der Waals surface area contributed by atoms with Crippen LogP contribution in [0.25, 0.3) is 0 Å². The molecule has 2 N–H and O–H groups in total. The van der Waals surface area contributed by atoms with E-state index in [-0.39, 0.29) is 10.6 Å². The van der Waals surface area contributed by atoms with E-state index in [0.29, 0.717) is 55.9 Å². The van der Waals surface area contributed by atoms with Crippen molar-refractivity contribution in [2.75, 3.05) is 41.7 Å². The van der Waals surface area contributed by atoms with E-state index in [0.717, 1.165) is 18.2 Å². The lowest BCUT2D eigenvalue weighted by Crippen LogP contribution is -2.35. The molecule has 11 heteroatoms. The number of nitrogens with zero attached hydrogens (tertiary/aromatic N) is 3. The van der Waals surface area contributed by atoms with Gasteiger partial charge in [-0.3, -0.25) is 4.79 Å². The van der Waals surface area contributed by atoms with Gasteiger partial charge in [-0.2, -0.15) is 0 Å². The first kappa shape index (κ1) is 24.3. The van der Waals surface area contributed by atoms with Crippen molar-refractivity contribution in [3.05, 3.63) is 82.8 Å². The number of aromatic nitrogens is 1. The molecular formula is C24H21ClF3N5O2. The topological polar surface area (TPSA) is 77.6 Å². The smallest absolute Gasteiger partial charge is 0.323 e. The summed E-state index contributed by atoms with van der Waals surface area (Å²) in [4.78, 5) is 32.8. The van der Waals surface area contributed by atoms with E-state index in [1.165, 1.54) is 23.2 Å². The van der Waals surface area contributed by atoms with Crippen LogP contribution in [0.2, 0.25) is 5.02 Å². The Morgan fingerprint density at radius 3 is 2.34 bits per heavy atom. The molecule has 4 rings (SSSR count). The average molecular weight is 504 g/mol. The summed E-state index contributed by atoms with van der Waals surface area (Å²) in [7, 11) is 0. The van der Waals surface area contributed by atoms with Gasteiger partial charge in [0, 0.05) is 37.9 Å². The van der Waals surface area contributed by atoms with Gasteiger partial charge in [0.2, 0.25) is 0 Å².